The van der Waals surface area contributed by atoms with Gasteiger partial charge < -0.3 is 5.11 Å². The Labute approximate surface area is 127 Å². The fraction of sp³-hybridized carbons (Fsp3) is 0.706. The maximum atomic E-state index is 10.9. The molecule has 21 heavy (non-hydrogen) atoms. The number of carboxylic acid groups (broad SMARTS) is 1. The molecule has 0 aromatic carbocycles. The van der Waals surface area contributed by atoms with Crippen LogP contribution >= 0.6 is 0 Å². The molecule has 1 heterocycles. The number of carboxylic acids is 1. The van der Waals surface area contributed by atoms with Gasteiger partial charge >= 0.3 is 5.97 Å². The molecule has 0 amide bonds. The normalized spacial score (nSPS) is 22.5. The van der Waals surface area contributed by atoms with Gasteiger partial charge in [-0.3, -0.25) is 4.79 Å². The van der Waals surface area contributed by atoms with Crippen LogP contribution in [0.2, 0.25) is 0 Å². The first-order valence-corrected chi connectivity index (χ1v) is 7.94. The summed E-state index contributed by atoms with van der Waals surface area (Å²) >= 11 is 0. The van der Waals surface area contributed by atoms with Gasteiger partial charge in [0.15, 0.2) is 0 Å². The number of aliphatic carboxylic acids is 1. The second-order valence-electron chi connectivity index (χ2n) is 6.66. The number of aromatic nitrogens is 2. The van der Waals surface area contributed by atoms with Crippen molar-refractivity contribution in [3.63, 3.8) is 0 Å². The highest BCUT2D eigenvalue weighted by molar-refractivity contribution is 5.70. The maximum Gasteiger partial charge on any atom is 0.307 e. The summed E-state index contributed by atoms with van der Waals surface area (Å²) in [7, 11) is 0. The third-order valence-electron chi connectivity index (χ3n) is 4.85. The number of carbonyl (C=O) groups is 1. The summed E-state index contributed by atoms with van der Waals surface area (Å²) in [6.07, 6.45) is 4.82. The van der Waals surface area contributed by atoms with Gasteiger partial charge in [0.1, 0.15) is 5.82 Å². The van der Waals surface area contributed by atoms with Crippen molar-refractivity contribution >= 4 is 5.97 Å². The number of aryl methyl sites for hydroxylation is 2. The summed E-state index contributed by atoms with van der Waals surface area (Å²) in [6, 6.07) is 0. The number of rotatable bonds is 4. The lowest BCUT2D eigenvalue weighted by atomic mass is 9.76. The van der Waals surface area contributed by atoms with Crippen LogP contribution in [0.3, 0.4) is 0 Å². The molecule has 4 heteroatoms. The molecule has 1 aliphatic carbocycles. The van der Waals surface area contributed by atoms with Crippen molar-refractivity contribution in [2.75, 3.05) is 0 Å². The number of nitrogens with zero attached hydrogens (tertiary/aromatic N) is 2. The van der Waals surface area contributed by atoms with E-state index in [2.05, 4.69) is 23.8 Å². The molecule has 2 rings (SSSR count). The molecule has 0 spiro atoms. The molecule has 1 N–H and O–H groups in total. The molecule has 1 aromatic heterocycles. The first-order chi connectivity index (χ1) is 9.88. The quantitative estimate of drug-likeness (QED) is 0.919. The largest absolute Gasteiger partial charge is 0.481 e. The van der Waals surface area contributed by atoms with Crippen LogP contribution in [0, 0.1) is 25.7 Å². The van der Waals surface area contributed by atoms with Gasteiger partial charge in [-0.05, 0) is 51.4 Å². The molecular weight excluding hydrogens is 264 g/mol. The van der Waals surface area contributed by atoms with Crippen molar-refractivity contribution in [3.8, 4) is 0 Å². The molecule has 1 fully saturated rings. The highest BCUT2D eigenvalue weighted by atomic mass is 16.4. The predicted molar refractivity (Wildman–Crippen MR) is 82.4 cm³/mol. The van der Waals surface area contributed by atoms with Gasteiger partial charge in [-0.1, -0.05) is 13.8 Å². The molecule has 0 atom stereocenters. The molecule has 1 saturated carbocycles. The van der Waals surface area contributed by atoms with Crippen LogP contribution in [0.4, 0.5) is 0 Å². The second kappa shape index (κ2) is 6.54. The molecule has 0 aliphatic heterocycles. The van der Waals surface area contributed by atoms with E-state index in [1.807, 2.05) is 13.8 Å². The van der Waals surface area contributed by atoms with Gasteiger partial charge in [-0.25, -0.2) is 9.97 Å². The van der Waals surface area contributed by atoms with Crippen molar-refractivity contribution in [2.24, 2.45) is 11.8 Å². The fourth-order valence-electron chi connectivity index (χ4n) is 3.40. The molecular formula is C17H26N2O2. The zero-order chi connectivity index (χ0) is 15.6. The number of hydrogen-bond donors (Lipinski definition) is 1. The Morgan fingerprint density at radius 3 is 2.10 bits per heavy atom. The van der Waals surface area contributed by atoms with Crippen LogP contribution < -0.4 is 0 Å². The summed E-state index contributed by atoms with van der Waals surface area (Å²) in [6.45, 7) is 8.40. The highest BCUT2D eigenvalue weighted by Gasteiger charge is 2.26. The second-order valence-corrected chi connectivity index (χ2v) is 6.66. The van der Waals surface area contributed by atoms with E-state index in [-0.39, 0.29) is 6.42 Å². The Morgan fingerprint density at radius 1 is 1.14 bits per heavy atom. The van der Waals surface area contributed by atoms with Crippen LogP contribution in [0.25, 0.3) is 0 Å². The Balaban J connectivity index is 2.13. The summed E-state index contributed by atoms with van der Waals surface area (Å²) < 4.78 is 0. The Hall–Kier alpha value is -1.45. The Bertz CT molecular complexity index is 495. The van der Waals surface area contributed by atoms with E-state index in [1.54, 1.807) is 0 Å². The smallest absolute Gasteiger partial charge is 0.307 e. The van der Waals surface area contributed by atoms with E-state index in [4.69, 9.17) is 5.11 Å². The molecule has 116 valence electrons. The van der Waals surface area contributed by atoms with E-state index >= 15 is 0 Å². The van der Waals surface area contributed by atoms with E-state index in [9.17, 15) is 4.79 Å². The van der Waals surface area contributed by atoms with Crippen LogP contribution in [-0.2, 0) is 11.2 Å². The molecule has 1 aliphatic rings. The summed E-state index contributed by atoms with van der Waals surface area (Å²) in [5, 5.41) is 8.96. The van der Waals surface area contributed by atoms with Gasteiger partial charge in [0.05, 0.1) is 6.42 Å². The molecule has 0 radical (unpaired) electrons. The van der Waals surface area contributed by atoms with Gasteiger partial charge in [-0.2, -0.15) is 0 Å². The third kappa shape index (κ3) is 3.80. The van der Waals surface area contributed by atoms with Crippen LogP contribution in [-0.4, -0.2) is 21.0 Å². The first kappa shape index (κ1) is 15.9. The van der Waals surface area contributed by atoms with Gasteiger partial charge in [0.2, 0.25) is 0 Å². The summed E-state index contributed by atoms with van der Waals surface area (Å²) in [5.41, 5.74) is 2.42. The zero-order valence-electron chi connectivity index (χ0n) is 13.5. The highest BCUT2D eigenvalue weighted by Crippen LogP contribution is 2.37. The Kier molecular flexibility index (Phi) is 4.96. The first-order valence-electron chi connectivity index (χ1n) is 7.94. The predicted octanol–water partition coefficient (Wildman–Crippen LogP) is 3.65. The van der Waals surface area contributed by atoms with Crippen molar-refractivity contribution < 1.29 is 9.90 Å². The minimum atomic E-state index is -0.824. The van der Waals surface area contributed by atoms with E-state index in [0.29, 0.717) is 5.92 Å². The SMILES string of the molecule is Cc1nc(C2CCC(C(C)C)CC2)nc(C)c1CC(=O)O. The van der Waals surface area contributed by atoms with Crippen LogP contribution in [0.15, 0.2) is 0 Å². The van der Waals surface area contributed by atoms with Crippen LogP contribution in [0.5, 0.6) is 0 Å². The topological polar surface area (TPSA) is 63.1 Å². The van der Waals surface area contributed by atoms with Crippen LogP contribution in [0.1, 0.15) is 68.2 Å². The third-order valence-corrected chi connectivity index (χ3v) is 4.85. The molecule has 0 bridgehead atoms. The minimum absolute atomic E-state index is 0.0119. The average molecular weight is 290 g/mol. The summed E-state index contributed by atoms with van der Waals surface area (Å²) in [5.74, 6) is 2.12. The average Bonchev–Trinajstić information content (AvgIpc) is 2.42. The summed E-state index contributed by atoms with van der Waals surface area (Å²) in [4.78, 5) is 20.1. The lowest BCUT2D eigenvalue weighted by Crippen LogP contribution is -2.20. The number of hydrogen-bond acceptors (Lipinski definition) is 3. The van der Waals surface area contributed by atoms with E-state index < -0.39 is 5.97 Å². The molecule has 1 aromatic rings. The minimum Gasteiger partial charge on any atom is -0.481 e. The lowest BCUT2D eigenvalue weighted by molar-refractivity contribution is -0.136. The van der Waals surface area contributed by atoms with Gasteiger partial charge in [0.25, 0.3) is 0 Å². The maximum absolute atomic E-state index is 10.9. The standard InChI is InChI=1S/C17H26N2O2/c1-10(2)13-5-7-14(8-6-13)17-18-11(3)15(9-16(20)21)12(4)19-17/h10,13-14H,5-9H2,1-4H3,(H,20,21). The van der Waals surface area contributed by atoms with Crippen molar-refractivity contribution in [1.29, 1.82) is 0 Å². The molecule has 0 unspecified atom stereocenters. The van der Waals surface area contributed by atoms with Crippen molar-refractivity contribution in [1.82, 2.24) is 9.97 Å². The lowest BCUT2D eigenvalue weighted by Gasteiger charge is -2.30. The van der Waals surface area contributed by atoms with Gasteiger partial charge in [-0.15, -0.1) is 0 Å². The van der Waals surface area contributed by atoms with E-state index in [1.165, 1.54) is 12.8 Å². The van der Waals surface area contributed by atoms with Gasteiger partial charge in [0, 0.05) is 22.9 Å². The van der Waals surface area contributed by atoms with Crippen molar-refractivity contribution in [3.05, 3.63) is 22.8 Å². The monoisotopic (exact) mass is 290 g/mol. The fourth-order valence-corrected chi connectivity index (χ4v) is 3.40. The van der Waals surface area contributed by atoms with Crippen molar-refractivity contribution in [2.45, 2.75) is 65.7 Å². The van der Waals surface area contributed by atoms with E-state index in [0.717, 1.165) is 47.5 Å². The molecule has 4 nitrogen and oxygen atoms in total. The zero-order valence-corrected chi connectivity index (χ0v) is 13.5. The Morgan fingerprint density at radius 2 is 1.67 bits per heavy atom. The molecule has 0 saturated heterocycles.